The summed E-state index contributed by atoms with van der Waals surface area (Å²) in [6.45, 7) is 6.74. The molecule has 0 bridgehead atoms. The molecule has 4 aromatic rings. The van der Waals surface area contributed by atoms with Gasteiger partial charge in [-0.15, -0.1) is 0 Å². The highest BCUT2D eigenvalue weighted by molar-refractivity contribution is 5.98. The van der Waals surface area contributed by atoms with Crippen LogP contribution in [-0.4, -0.2) is 74.7 Å². The Bertz CT molecular complexity index is 1500. The molecule has 2 aromatic heterocycles. The normalized spacial score (nSPS) is 20.2. The number of fused-ring (bicyclic) bond motifs is 1. The number of benzene rings is 2. The molecule has 214 valence electrons. The zero-order valence-corrected chi connectivity index (χ0v) is 23.9. The fourth-order valence-corrected chi connectivity index (χ4v) is 6.24. The molecule has 0 unspecified atom stereocenters. The van der Waals surface area contributed by atoms with Crippen LogP contribution in [0.3, 0.4) is 0 Å². The fraction of sp³-hybridized carbons (Fsp3) is 0.419. The molecule has 2 aliphatic rings. The lowest BCUT2D eigenvalue weighted by Gasteiger charge is -2.41. The second-order valence-corrected chi connectivity index (χ2v) is 11.3. The van der Waals surface area contributed by atoms with E-state index in [-0.39, 0.29) is 5.91 Å². The highest BCUT2D eigenvalue weighted by atomic mass is 16.1. The summed E-state index contributed by atoms with van der Waals surface area (Å²) in [7, 11) is 2.21. The van der Waals surface area contributed by atoms with Gasteiger partial charge < -0.3 is 21.3 Å². The number of nitrogens with one attached hydrogen (secondary N) is 2. The predicted octanol–water partition coefficient (Wildman–Crippen LogP) is 4.38. The highest BCUT2D eigenvalue weighted by Crippen LogP contribution is 2.37. The van der Waals surface area contributed by atoms with Crippen LogP contribution in [0.5, 0.6) is 0 Å². The number of aromatic nitrogens is 4. The number of carbonyl (C=O) groups excluding carboxylic acids is 1. The van der Waals surface area contributed by atoms with Crippen LogP contribution >= 0.6 is 0 Å². The van der Waals surface area contributed by atoms with Crippen molar-refractivity contribution >= 4 is 34.1 Å². The first kappa shape index (κ1) is 27.2. The van der Waals surface area contributed by atoms with Crippen LogP contribution < -0.4 is 16.4 Å². The quantitative estimate of drug-likeness (QED) is 0.309. The van der Waals surface area contributed by atoms with Gasteiger partial charge in [0.05, 0.1) is 11.4 Å². The van der Waals surface area contributed by atoms with Crippen LogP contribution in [0.15, 0.2) is 54.9 Å². The Morgan fingerprint density at radius 1 is 0.951 bits per heavy atom. The summed E-state index contributed by atoms with van der Waals surface area (Å²) in [5.41, 5.74) is 11.8. The summed E-state index contributed by atoms with van der Waals surface area (Å²) in [6, 6.07) is 17.0. The van der Waals surface area contributed by atoms with Gasteiger partial charge in [0, 0.05) is 62.6 Å². The first-order valence-corrected chi connectivity index (χ1v) is 14.6. The van der Waals surface area contributed by atoms with Crippen LogP contribution in [-0.2, 0) is 11.3 Å². The van der Waals surface area contributed by atoms with E-state index in [4.69, 9.17) is 10.8 Å². The van der Waals surface area contributed by atoms with E-state index < -0.39 is 0 Å². The maximum absolute atomic E-state index is 11.6. The molecule has 1 amide bonds. The molecule has 2 aromatic carbocycles. The molecule has 4 N–H and O–H groups in total. The average molecular weight is 554 g/mol. The van der Waals surface area contributed by atoms with Crippen molar-refractivity contribution in [3.05, 3.63) is 60.4 Å². The molecule has 3 heterocycles. The van der Waals surface area contributed by atoms with Gasteiger partial charge in [-0.05, 0) is 56.5 Å². The molecule has 1 saturated heterocycles. The standard InChI is InChI=1S/C31H39N9O/c1-21(41)36-27-6-4-3-5-23(27)19-33-24-9-7-22(8-10-24)29-28-30(32)34-20-35-31(28)40(37-29)26-13-11-25(12-14-26)39-17-15-38(2)16-18-39/h3-10,20,25-26,33H,11-19H2,1-2H3,(H,36,41)(H2,32,34,35)/t25-,26-. The monoisotopic (exact) mass is 553 g/mol. The van der Waals surface area contributed by atoms with E-state index in [0.29, 0.717) is 24.4 Å². The Labute approximate surface area is 240 Å². The summed E-state index contributed by atoms with van der Waals surface area (Å²) in [5, 5.41) is 12.3. The van der Waals surface area contributed by atoms with E-state index >= 15 is 0 Å². The van der Waals surface area contributed by atoms with Crippen LogP contribution in [0.4, 0.5) is 17.2 Å². The first-order chi connectivity index (χ1) is 20.0. The number of para-hydroxylation sites is 1. The van der Waals surface area contributed by atoms with Gasteiger partial charge in [-0.1, -0.05) is 30.3 Å². The van der Waals surface area contributed by atoms with E-state index in [1.165, 1.54) is 19.8 Å². The van der Waals surface area contributed by atoms with Crippen LogP contribution in [0.2, 0.25) is 0 Å². The molecule has 0 spiro atoms. The number of piperazine rings is 1. The Morgan fingerprint density at radius 3 is 2.39 bits per heavy atom. The van der Waals surface area contributed by atoms with Crippen molar-refractivity contribution in [2.24, 2.45) is 0 Å². The lowest BCUT2D eigenvalue weighted by Crippen LogP contribution is -2.49. The number of nitrogen functional groups attached to an aromatic ring is 1. The number of hydrogen-bond donors (Lipinski definition) is 3. The lowest BCUT2D eigenvalue weighted by molar-refractivity contribution is -0.114. The molecule has 6 rings (SSSR count). The molecule has 1 aliphatic heterocycles. The van der Waals surface area contributed by atoms with Crippen LogP contribution in [0.1, 0.15) is 44.2 Å². The third-order valence-electron chi connectivity index (χ3n) is 8.55. The second-order valence-electron chi connectivity index (χ2n) is 11.3. The van der Waals surface area contributed by atoms with Gasteiger partial charge in [0.15, 0.2) is 5.65 Å². The largest absolute Gasteiger partial charge is 0.383 e. The third-order valence-corrected chi connectivity index (χ3v) is 8.55. The van der Waals surface area contributed by atoms with Crippen molar-refractivity contribution < 1.29 is 4.79 Å². The molecule has 0 radical (unpaired) electrons. The minimum absolute atomic E-state index is 0.0835. The molecule has 0 atom stereocenters. The Balaban J connectivity index is 1.18. The molecule has 10 heteroatoms. The third kappa shape index (κ3) is 5.89. The SMILES string of the molecule is CC(=O)Nc1ccccc1CNc1ccc(-c2nn([C@H]3CC[C@H](N4CCN(C)CC4)CC3)c3ncnc(N)c23)cc1. The summed E-state index contributed by atoms with van der Waals surface area (Å²) in [5.74, 6) is 0.374. The molecule has 41 heavy (non-hydrogen) atoms. The molecule has 2 fully saturated rings. The van der Waals surface area contributed by atoms with Crippen molar-refractivity contribution in [3.8, 4) is 11.3 Å². The summed E-state index contributed by atoms with van der Waals surface area (Å²) in [6.07, 6.45) is 6.06. The van der Waals surface area contributed by atoms with E-state index in [9.17, 15) is 4.79 Å². The lowest BCUT2D eigenvalue weighted by atomic mass is 9.90. The minimum atomic E-state index is -0.0835. The number of rotatable bonds is 7. The van der Waals surface area contributed by atoms with E-state index in [2.05, 4.69) is 54.3 Å². The zero-order valence-electron chi connectivity index (χ0n) is 23.9. The molecular formula is C31H39N9O. The smallest absolute Gasteiger partial charge is 0.221 e. The number of nitrogens with two attached hydrogens (primary N) is 1. The first-order valence-electron chi connectivity index (χ1n) is 14.6. The number of nitrogens with zero attached hydrogens (tertiary/aromatic N) is 6. The van der Waals surface area contributed by atoms with E-state index in [1.807, 2.05) is 36.4 Å². The maximum atomic E-state index is 11.6. The van der Waals surface area contributed by atoms with E-state index in [1.54, 1.807) is 6.33 Å². The van der Waals surface area contributed by atoms with Gasteiger partial charge in [0.1, 0.15) is 17.8 Å². The van der Waals surface area contributed by atoms with Gasteiger partial charge in [-0.3, -0.25) is 9.69 Å². The van der Waals surface area contributed by atoms with Crippen molar-refractivity contribution in [1.82, 2.24) is 29.5 Å². The van der Waals surface area contributed by atoms with Gasteiger partial charge in [0.2, 0.25) is 5.91 Å². The number of anilines is 3. The summed E-state index contributed by atoms with van der Waals surface area (Å²) in [4.78, 5) is 25.6. The molecule has 1 aliphatic carbocycles. The summed E-state index contributed by atoms with van der Waals surface area (Å²) < 4.78 is 2.11. The molecule has 10 nitrogen and oxygen atoms in total. The topological polar surface area (TPSA) is 117 Å². The van der Waals surface area contributed by atoms with Gasteiger partial charge in [-0.25, -0.2) is 14.6 Å². The van der Waals surface area contributed by atoms with Gasteiger partial charge in [-0.2, -0.15) is 5.10 Å². The van der Waals surface area contributed by atoms with E-state index in [0.717, 1.165) is 78.2 Å². The number of carbonyl (C=O) groups is 1. The molecule has 1 saturated carbocycles. The van der Waals surface area contributed by atoms with Crippen LogP contribution in [0, 0.1) is 0 Å². The Hall–Kier alpha value is -4.02. The van der Waals surface area contributed by atoms with Crippen molar-refractivity contribution in [2.45, 2.75) is 51.2 Å². The summed E-state index contributed by atoms with van der Waals surface area (Å²) >= 11 is 0. The number of amides is 1. The second kappa shape index (κ2) is 11.8. The van der Waals surface area contributed by atoms with Crippen molar-refractivity contribution in [2.75, 3.05) is 49.6 Å². The zero-order chi connectivity index (χ0) is 28.3. The molecular weight excluding hydrogens is 514 g/mol. The number of hydrogen-bond acceptors (Lipinski definition) is 8. The Kier molecular flexibility index (Phi) is 7.84. The van der Waals surface area contributed by atoms with Crippen molar-refractivity contribution in [3.63, 3.8) is 0 Å². The van der Waals surface area contributed by atoms with Crippen molar-refractivity contribution in [1.29, 1.82) is 0 Å². The maximum Gasteiger partial charge on any atom is 0.221 e. The number of likely N-dealkylation sites (N-methyl/N-ethyl adjacent to an activating group) is 1. The van der Waals surface area contributed by atoms with Gasteiger partial charge >= 0.3 is 0 Å². The fourth-order valence-electron chi connectivity index (χ4n) is 6.24. The minimum Gasteiger partial charge on any atom is -0.383 e. The highest BCUT2D eigenvalue weighted by Gasteiger charge is 2.30. The predicted molar refractivity (Wildman–Crippen MR) is 164 cm³/mol. The van der Waals surface area contributed by atoms with Crippen LogP contribution in [0.25, 0.3) is 22.3 Å². The van der Waals surface area contributed by atoms with Gasteiger partial charge in [0.25, 0.3) is 0 Å². The Morgan fingerprint density at radius 2 is 1.66 bits per heavy atom. The average Bonchev–Trinajstić information content (AvgIpc) is 3.38.